The first-order chi connectivity index (χ1) is 11.8. The number of nitrogens with zero attached hydrogens (tertiary/aromatic N) is 1. The summed E-state index contributed by atoms with van der Waals surface area (Å²) in [6.45, 7) is 8.61. The maximum Gasteiger partial charge on any atom is 0.191 e. The second-order valence-electron chi connectivity index (χ2n) is 5.55. The monoisotopic (exact) mass is 335 g/mol. The smallest absolute Gasteiger partial charge is 0.191 e. The minimum absolute atomic E-state index is 0.640. The quantitative estimate of drug-likeness (QED) is 0.350. The molecule has 2 N–H and O–H groups in total. The number of unbranched alkanes of at least 4 members (excludes halogenated alkanes) is 1. The van der Waals surface area contributed by atoms with Gasteiger partial charge in [0.1, 0.15) is 0 Å². The minimum Gasteiger partial charge on any atom is -0.379 e. The van der Waals surface area contributed by atoms with Gasteiger partial charge in [-0.05, 0) is 24.0 Å². The van der Waals surface area contributed by atoms with E-state index in [-0.39, 0.29) is 0 Å². The molecular formula is C19H33N3O2. The van der Waals surface area contributed by atoms with Gasteiger partial charge in [0, 0.05) is 26.7 Å². The molecule has 5 heteroatoms. The Hall–Kier alpha value is -1.59. The van der Waals surface area contributed by atoms with Gasteiger partial charge in [0.05, 0.1) is 19.8 Å². The van der Waals surface area contributed by atoms with Gasteiger partial charge in [0.25, 0.3) is 0 Å². The van der Waals surface area contributed by atoms with Crippen molar-refractivity contribution in [3.8, 4) is 0 Å². The number of ether oxygens (including phenoxy) is 2. The van der Waals surface area contributed by atoms with E-state index in [4.69, 9.17) is 9.47 Å². The van der Waals surface area contributed by atoms with Crippen molar-refractivity contribution < 1.29 is 9.47 Å². The van der Waals surface area contributed by atoms with Gasteiger partial charge < -0.3 is 20.1 Å². The van der Waals surface area contributed by atoms with Crippen LogP contribution >= 0.6 is 0 Å². The summed E-state index contributed by atoms with van der Waals surface area (Å²) in [6.07, 6.45) is 3.32. The van der Waals surface area contributed by atoms with Crippen molar-refractivity contribution in [3.05, 3.63) is 35.4 Å². The second kappa shape index (κ2) is 13.8. The third-order valence-electron chi connectivity index (χ3n) is 3.72. The molecule has 0 heterocycles. The van der Waals surface area contributed by atoms with E-state index in [2.05, 4.69) is 53.7 Å². The van der Waals surface area contributed by atoms with Crippen LogP contribution in [-0.4, -0.2) is 46.0 Å². The van der Waals surface area contributed by atoms with Crippen LogP contribution in [0.3, 0.4) is 0 Å². The first-order valence-electron chi connectivity index (χ1n) is 8.98. The van der Waals surface area contributed by atoms with Gasteiger partial charge in [-0.1, -0.05) is 44.5 Å². The third-order valence-corrected chi connectivity index (χ3v) is 3.72. The van der Waals surface area contributed by atoms with Gasteiger partial charge in [-0.2, -0.15) is 0 Å². The molecule has 136 valence electrons. The van der Waals surface area contributed by atoms with E-state index in [1.54, 1.807) is 7.05 Å². The molecule has 0 aliphatic carbocycles. The van der Waals surface area contributed by atoms with Crippen LogP contribution in [0.25, 0.3) is 0 Å². The van der Waals surface area contributed by atoms with E-state index < -0.39 is 0 Å². The molecule has 0 saturated heterocycles. The third kappa shape index (κ3) is 8.89. The Balaban J connectivity index is 2.13. The number of hydrogen-bond acceptors (Lipinski definition) is 3. The van der Waals surface area contributed by atoms with Crippen molar-refractivity contribution in [2.45, 2.75) is 39.7 Å². The number of nitrogens with one attached hydrogen (secondary N) is 2. The molecule has 0 unspecified atom stereocenters. The van der Waals surface area contributed by atoms with Crippen molar-refractivity contribution in [2.24, 2.45) is 4.99 Å². The van der Waals surface area contributed by atoms with E-state index in [0.717, 1.165) is 38.5 Å². The fourth-order valence-corrected chi connectivity index (χ4v) is 2.28. The summed E-state index contributed by atoms with van der Waals surface area (Å²) in [7, 11) is 1.78. The summed E-state index contributed by atoms with van der Waals surface area (Å²) in [5.74, 6) is 0.795. The zero-order chi connectivity index (χ0) is 17.5. The van der Waals surface area contributed by atoms with Gasteiger partial charge in [-0.25, -0.2) is 0 Å². The lowest BCUT2D eigenvalue weighted by molar-refractivity contribution is 0.0487. The fraction of sp³-hybridized carbons (Fsp3) is 0.632. The summed E-state index contributed by atoms with van der Waals surface area (Å²) in [5.41, 5.74) is 2.68. The molecule has 0 spiro atoms. The van der Waals surface area contributed by atoms with E-state index in [0.29, 0.717) is 19.8 Å². The van der Waals surface area contributed by atoms with E-state index >= 15 is 0 Å². The number of guanidine groups is 1. The SMILES string of the molecule is CCCCOCCOCCNC(=NC)NCc1ccccc1CC. The Bertz CT molecular complexity index is 464. The van der Waals surface area contributed by atoms with Crippen LogP contribution in [0.5, 0.6) is 0 Å². The average molecular weight is 335 g/mol. The molecule has 0 aromatic heterocycles. The molecule has 0 amide bonds. The van der Waals surface area contributed by atoms with Gasteiger partial charge in [0.2, 0.25) is 0 Å². The van der Waals surface area contributed by atoms with E-state index in [1.807, 2.05) is 0 Å². The fourth-order valence-electron chi connectivity index (χ4n) is 2.28. The van der Waals surface area contributed by atoms with E-state index in [9.17, 15) is 0 Å². The lowest BCUT2D eigenvalue weighted by Crippen LogP contribution is -2.38. The van der Waals surface area contributed by atoms with Gasteiger partial charge in [-0.15, -0.1) is 0 Å². The lowest BCUT2D eigenvalue weighted by Gasteiger charge is -2.14. The largest absolute Gasteiger partial charge is 0.379 e. The molecule has 5 nitrogen and oxygen atoms in total. The van der Waals surface area contributed by atoms with Crippen LogP contribution < -0.4 is 10.6 Å². The molecule has 0 radical (unpaired) electrons. The minimum atomic E-state index is 0.640. The summed E-state index contributed by atoms with van der Waals surface area (Å²) >= 11 is 0. The number of benzene rings is 1. The van der Waals surface area contributed by atoms with Crippen LogP contribution in [0.2, 0.25) is 0 Å². The second-order valence-corrected chi connectivity index (χ2v) is 5.55. The van der Waals surface area contributed by atoms with Crippen molar-refractivity contribution >= 4 is 5.96 Å². The van der Waals surface area contributed by atoms with Crippen LogP contribution in [-0.2, 0) is 22.4 Å². The van der Waals surface area contributed by atoms with Crippen molar-refractivity contribution in [3.63, 3.8) is 0 Å². The van der Waals surface area contributed by atoms with Crippen LogP contribution in [0.15, 0.2) is 29.3 Å². The molecule has 1 aromatic carbocycles. The Kier molecular flexibility index (Phi) is 11.8. The normalized spacial score (nSPS) is 11.5. The van der Waals surface area contributed by atoms with Crippen LogP contribution in [0.1, 0.15) is 37.8 Å². The number of aryl methyl sites for hydroxylation is 1. The van der Waals surface area contributed by atoms with Crippen LogP contribution in [0.4, 0.5) is 0 Å². The number of aliphatic imine (C=N–C) groups is 1. The summed E-state index contributed by atoms with van der Waals surface area (Å²) < 4.78 is 11.0. The number of hydrogen-bond donors (Lipinski definition) is 2. The molecule has 1 aromatic rings. The zero-order valence-corrected chi connectivity index (χ0v) is 15.4. The highest BCUT2D eigenvalue weighted by molar-refractivity contribution is 5.79. The molecule has 0 aliphatic rings. The molecule has 0 bridgehead atoms. The Morgan fingerprint density at radius 2 is 1.67 bits per heavy atom. The topological polar surface area (TPSA) is 54.9 Å². The van der Waals surface area contributed by atoms with Crippen molar-refractivity contribution in [1.29, 1.82) is 0 Å². The Morgan fingerprint density at radius 3 is 2.33 bits per heavy atom. The van der Waals surface area contributed by atoms with E-state index in [1.165, 1.54) is 17.5 Å². The van der Waals surface area contributed by atoms with Crippen LogP contribution in [0, 0.1) is 0 Å². The maximum atomic E-state index is 5.54. The molecule has 0 fully saturated rings. The zero-order valence-electron chi connectivity index (χ0n) is 15.4. The average Bonchev–Trinajstić information content (AvgIpc) is 2.63. The van der Waals surface area contributed by atoms with Gasteiger partial charge in [0.15, 0.2) is 5.96 Å². The predicted octanol–water partition coefficient (Wildman–Crippen LogP) is 2.75. The predicted molar refractivity (Wildman–Crippen MR) is 101 cm³/mol. The first-order valence-corrected chi connectivity index (χ1v) is 8.98. The molecule has 0 atom stereocenters. The molecule has 24 heavy (non-hydrogen) atoms. The summed E-state index contributed by atoms with van der Waals surface area (Å²) in [5, 5.41) is 6.61. The highest BCUT2D eigenvalue weighted by atomic mass is 16.5. The number of rotatable bonds is 12. The molecule has 0 aliphatic heterocycles. The molecule has 1 rings (SSSR count). The maximum absolute atomic E-state index is 5.54. The van der Waals surface area contributed by atoms with Crippen molar-refractivity contribution in [1.82, 2.24) is 10.6 Å². The Labute approximate surface area is 146 Å². The highest BCUT2D eigenvalue weighted by Gasteiger charge is 2.01. The first kappa shape index (κ1) is 20.5. The molecule has 0 saturated carbocycles. The standard InChI is InChI=1S/C19H33N3O2/c1-4-6-12-23-14-15-24-13-11-21-19(20-3)22-16-18-10-8-7-9-17(18)5-2/h7-10H,4-6,11-16H2,1-3H3,(H2,20,21,22). The summed E-state index contributed by atoms with van der Waals surface area (Å²) in [6, 6.07) is 8.48. The van der Waals surface area contributed by atoms with Crippen molar-refractivity contribution in [2.75, 3.05) is 40.0 Å². The highest BCUT2D eigenvalue weighted by Crippen LogP contribution is 2.08. The molecular weight excluding hydrogens is 302 g/mol. The lowest BCUT2D eigenvalue weighted by atomic mass is 10.1. The Morgan fingerprint density at radius 1 is 0.958 bits per heavy atom. The van der Waals surface area contributed by atoms with Gasteiger partial charge in [-0.3, -0.25) is 4.99 Å². The summed E-state index contributed by atoms with van der Waals surface area (Å²) in [4.78, 5) is 4.24. The van der Waals surface area contributed by atoms with Gasteiger partial charge >= 0.3 is 0 Å².